The second-order valence-electron chi connectivity index (χ2n) is 4.30. The average molecular weight is 249 g/mol. The minimum atomic E-state index is -0.214. The molecule has 0 saturated carbocycles. The fraction of sp³-hybridized carbons (Fsp3) is 0. The van der Waals surface area contributed by atoms with Gasteiger partial charge in [0.15, 0.2) is 0 Å². The van der Waals surface area contributed by atoms with Gasteiger partial charge in [-0.25, -0.2) is 4.39 Å². The summed E-state index contributed by atoms with van der Waals surface area (Å²) in [6.07, 6.45) is 1.78. The molecule has 0 aliphatic heterocycles. The lowest BCUT2D eigenvalue weighted by atomic mass is 10.0. The van der Waals surface area contributed by atoms with Crippen LogP contribution >= 0.6 is 0 Å². The third-order valence-electron chi connectivity index (χ3n) is 3.02. The summed E-state index contributed by atoms with van der Waals surface area (Å²) >= 11 is 0. The third-order valence-corrected chi connectivity index (χ3v) is 3.02. The van der Waals surface area contributed by atoms with Crippen molar-refractivity contribution in [1.82, 2.24) is 4.98 Å². The second-order valence-corrected chi connectivity index (χ2v) is 4.30. The molecule has 92 valence electrons. The van der Waals surface area contributed by atoms with Gasteiger partial charge in [-0.3, -0.25) is 4.98 Å². The standard InChI is InChI=1S/C17H12FN/c18-16-10-8-14(9-11-16)13-4-6-15(7-5-13)17-3-1-2-12-19-17/h1-12H. The van der Waals surface area contributed by atoms with E-state index in [1.807, 2.05) is 42.5 Å². The van der Waals surface area contributed by atoms with Gasteiger partial charge in [0.2, 0.25) is 0 Å². The molecule has 2 aromatic carbocycles. The molecule has 0 aliphatic rings. The van der Waals surface area contributed by atoms with Crippen molar-refractivity contribution in [3.8, 4) is 22.4 Å². The van der Waals surface area contributed by atoms with Gasteiger partial charge in [-0.15, -0.1) is 0 Å². The summed E-state index contributed by atoms with van der Waals surface area (Å²) in [6.45, 7) is 0. The van der Waals surface area contributed by atoms with E-state index in [2.05, 4.69) is 4.98 Å². The number of rotatable bonds is 2. The Morgan fingerprint density at radius 3 is 1.79 bits per heavy atom. The molecule has 0 saturated heterocycles. The lowest BCUT2D eigenvalue weighted by Crippen LogP contribution is -1.83. The molecule has 0 N–H and O–H groups in total. The molecule has 0 aliphatic carbocycles. The molecule has 0 atom stereocenters. The van der Waals surface area contributed by atoms with Crippen molar-refractivity contribution in [3.05, 3.63) is 78.7 Å². The molecule has 0 fully saturated rings. The number of nitrogens with zero attached hydrogens (tertiary/aromatic N) is 1. The molecule has 3 aromatic rings. The van der Waals surface area contributed by atoms with Gasteiger partial charge in [-0.2, -0.15) is 0 Å². The Morgan fingerprint density at radius 2 is 1.21 bits per heavy atom. The number of aromatic nitrogens is 1. The molecular formula is C17H12FN. The summed E-state index contributed by atoms with van der Waals surface area (Å²) in [7, 11) is 0. The highest BCUT2D eigenvalue weighted by molar-refractivity contribution is 5.68. The minimum Gasteiger partial charge on any atom is -0.256 e. The minimum absolute atomic E-state index is 0.214. The Labute approximate surface area is 111 Å². The molecule has 0 bridgehead atoms. The highest BCUT2D eigenvalue weighted by Gasteiger charge is 2.00. The van der Waals surface area contributed by atoms with Gasteiger partial charge >= 0.3 is 0 Å². The van der Waals surface area contributed by atoms with Crippen LogP contribution in [0.2, 0.25) is 0 Å². The van der Waals surface area contributed by atoms with Crippen LogP contribution in [0.25, 0.3) is 22.4 Å². The smallest absolute Gasteiger partial charge is 0.123 e. The SMILES string of the molecule is Fc1ccc(-c2ccc(-c3ccccn3)cc2)cc1. The monoisotopic (exact) mass is 249 g/mol. The molecule has 19 heavy (non-hydrogen) atoms. The summed E-state index contributed by atoms with van der Waals surface area (Å²) in [5.41, 5.74) is 4.10. The summed E-state index contributed by atoms with van der Waals surface area (Å²) in [4.78, 5) is 4.31. The normalized spacial score (nSPS) is 10.4. The Morgan fingerprint density at radius 1 is 0.632 bits per heavy atom. The maximum Gasteiger partial charge on any atom is 0.123 e. The van der Waals surface area contributed by atoms with Crippen LogP contribution in [0.1, 0.15) is 0 Å². The zero-order valence-corrected chi connectivity index (χ0v) is 10.3. The van der Waals surface area contributed by atoms with Crippen LogP contribution in [0, 0.1) is 5.82 Å². The highest BCUT2D eigenvalue weighted by Crippen LogP contribution is 2.23. The molecular weight excluding hydrogens is 237 g/mol. The lowest BCUT2D eigenvalue weighted by Gasteiger charge is -2.04. The maximum absolute atomic E-state index is 12.9. The zero-order chi connectivity index (χ0) is 13.1. The fourth-order valence-electron chi connectivity index (χ4n) is 2.01. The first-order chi connectivity index (χ1) is 9.33. The maximum atomic E-state index is 12.9. The third kappa shape index (κ3) is 2.52. The van der Waals surface area contributed by atoms with E-state index in [0.29, 0.717) is 0 Å². The topological polar surface area (TPSA) is 12.9 Å². The van der Waals surface area contributed by atoms with E-state index in [9.17, 15) is 4.39 Å². The molecule has 1 nitrogen and oxygen atoms in total. The number of hydrogen-bond acceptors (Lipinski definition) is 1. The van der Waals surface area contributed by atoms with Gasteiger partial charge in [0.1, 0.15) is 5.82 Å². The van der Waals surface area contributed by atoms with Gasteiger partial charge in [-0.05, 0) is 35.4 Å². The number of halogens is 1. The molecule has 0 amide bonds. The van der Waals surface area contributed by atoms with E-state index >= 15 is 0 Å². The predicted molar refractivity (Wildman–Crippen MR) is 75.1 cm³/mol. The summed E-state index contributed by atoms with van der Waals surface area (Å²) < 4.78 is 12.9. The van der Waals surface area contributed by atoms with Crippen LogP contribution in [-0.2, 0) is 0 Å². The first kappa shape index (κ1) is 11.6. The van der Waals surface area contributed by atoms with Gasteiger partial charge < -0.3 is 0 Å². The number of hydrogen-bond donors (Lipinski definition) is 0. The van der Waals surface area contributed by atoms with Crippen LogP contribution in [0.15, 0.2) is 72.9 Å². The fourth-order valence-corrected chi connectivity index (χ4v) is 2.01. The molecule has 2 heteroatoms. The lowest BCUT2D eigenvalue weighted by molar-refractivity contribution is 0.628. The first-order valence-electron chi connectivity index (χ1n) is 6.10. The van der Waals surface area contributed by atoms with E-state index in [1.54, 1.807) is 18.3 Å². The van der Waals surface area contributed by atoms with E-state index in [1.165, 1.54) is 12.1 Å². The van der Waals surface area contributed by atoms with E-state index < -0.39 is 0 Å². The van der Waals surface area contributed by atoms with Gasteiger partial charge in [0.05, 0.1) is 5.69 Å². The van der Waals surface area contributed by atoms with Gasteiger partial charge in [-0.1, -0.05) is 42.5 Å². The highest BCUT2D eigenvalue weighted by atomic mass is 19.1. The molecule has 3 rings (SSSR count). The van der Waals surface area contributed by atoms with Crippen LogP contribution in [-0.4, -0.2) is 4.98 Å². The van der Waals surface area contributed by atoms with Crippen molar-refractivity contribution in [2.75, 3.05) is 0 Å². The first-order valence-corrected chi connectivity index (χ1v) is 6.10. The summed E-state index contributed by atoms with van der Waals surface area (Å²) in [5.74, 6) is -0.214. The van der Waals surface area contributed by atoms with E-state index in [-0.39, 0.29) is 5.82 Å². The van der Waals surface area contributed by atoms with Crippen molar-refractivity contribution in [2.24, 2.45) is 0 Å². The largest absolute Gasteiger partial charge is 0.256 e. The van der Waals surface area contributed by atoms with Crippen LogP contribution in [0.3, 0.4) is 0 Å². The average Bonchev–Trinajstić information content (AvgIpc) is 2.49. The van der Waals surface area contributed by atoms with Gasteiger partial charge in [0, 0.05) is 11.8 Å². The Kier molecular flexibility index (Phi) is 3.07. The van der Waals surface area contributed by atoms with Crippen molar-refractivity contribution >= 4 is 0 Å². The van der Waals surface area contributed by atoms with Crippen LogP contribution in [0.4, 0.5) is 4.39 Å². The molecule has 1 aromatic heterocycles. The van der Waals surface area contributed by atoms with Gasteiger partial charge in [0.25, 0.3) is 0 Å². The molecule has 0 unspecified atom stereocenters. The Hall–Kier alpha value is -2.48. The quantitative estimate of drug-likeness (QED) is 0.649. The van der Waals surface area contributed by atoms with Crippen LogP contribution in [0.5, 0.6) is 0 Å². The molecule has 0 radical (unpaired) electrons. The van der Waals surface area contributed by atoms with Crippen molar-refractivity contribution in [2.45, 2.75) is 0 Å². The number of benzene rings is 2. The molecule has 1 heterocycles. The van der Waals surface area contributed by atoms with Crippen molar-refractivity contribution in [1.29, 1.82) is 0 Å². The van der Waals surface area contributed by atoms with Crippen LogP contribution < -0.4 is 0 Å². The number of pyridine rings is 1. The van der Waals surface area contributed by atoms with E-state index in [4.69, 9.17) is 0 Å². The summed E-state index contributed by atoms with van der Waals surface area (Å²) in [6, 6.07) is 20.5. The van der Waals surface area contributed by atoms with Crippen molar-refractivity contribution < 1.29 is 4.39 Å². The second kappa shape index (κ2) is 5.02. The Balaban J connectivity index is 1.93. The Bertz CT molecular complexity index is 658. The summed E-state index contributed by atoms with van der Waals surface area (Å²) in [5, 5.41) is 0. The zero-order valence-electron chi connectivity index (χ0n) is 10.3. The van der Waals surface area contributed by atoms with E-state index in [0.717, 1.165) is 22.4 Å². The molecule has 0 spiro atoms. The predicted octanol–water partition coefficient (Wildman–Crippen LogP) is 4.55. The van der Waals surface area contributed by atoms with Crippen molar-refractivity contribution in [3.63, 3.8) is 0 Å².